The molecule has 1 fully saturated rings. The summed E-state index contributed by atoms with van der Waals surface area (Å²) in [4.78, 5) is 4.42. The van der Waals surface area contributed by atoms with Gasteiger partial charge in [-0.25, -0.2) is 4.99 Å². The third-order valence-corrected chi connectivity index (χ3v) is 2.68. The first-order chi connectivity index (χ1) is 7.04. The first-order valence-corrected chi connectivity index (χ1v) is 5.58. The van der Waals surface area contributed by atoms with Crippen LogP contribution in [0.15, 0.2) is 16.1 Å². The van der Waals surface area contributed by atoms with Crippen LogP contribution in [0.5, 0.6) is 0 Å². The van der Waals surface area contributed by atoms with Crippen LogP contribution in [-0.2, 0) is 4.74 Å². The molecule has 1 saturated heterocycles. The van der Waals surface area contributed by atoms with Gasteiger partial charge in [-0.15, -0.1) is 0 Å². The van der Waals surface area contributed by atoms with Crippen LogP contribution in [0.1, 0.15) is 40.5 Å². The van der Waals surface area contributed by atoms with Gasteiger partial charge in [0.05, 0.1) is 17.7 Å². The van der Waals surface area contributed by atoms with Gasteiger partial charge in [-0.05, 0) is 26.7 Å². The Balaban J connectivity index is 2.87. The van der Waals surface area contributed by atoms with Crippen LogP contribution < -0.4 is 0 Å². The van der Waals surface area contributed by atoms with Gasteiger partial charge in [0.1, 0.15) is 6.61 Å². The number of aliphatic imine (C=N–C) groups is 1. The number of hydrogen-bond donors (Lipinski definition) is 1. The highest BCUT2D eigenvalue weighted by atomic mass is 16.5. The number of nitrogens with zero attached hydrogens (tertiary/aromatic N) is 1. The molecule has 86 valence electrons. The van der Waals surface area contributed by atoms with E-state index in [0.717, 1.165) is 18.7 Å². The molecule has 1 aliphatic heterocycles. The fourth-order valence-electron chi connectivity index (χ4n) is 1.55. The third kappa shape index (κ3) is 2.81. The number of aliphatic hydroxyl groups excluding tert-OH is 1. The standard InChI is InChI=1S/C12H21NO2/c1-5-9(6-2)10-7-15-11(10)13-12(3,4)8-14/h14H,5-8H2,1-4H3. The molecule has 0 unspecified atom stereocenters. The summed E-state index contributed by atoms with van der Waals surface area (Å²) < 4.78 is 5.35. The van der Waals surface area contributed by atoms with Gasteiger partial charge in [0.2, 0.25) is 5.90 Å². The highest BCUT2D eigenvalue weighted by Gasteiger charge is 2.27. The lowest BCUT2D eigenvalue weighted by atomic mass is 10.00. The van der Waals surface area contributed by atoms with E-state index in [-0.39, 0.29) is 6.61 Å². The zero-order valence-corrected chi connectivity index (χ0v) is 10.1. The normalized spacial score (nSPS) is 18.7. The summed E-state index contributed by atoms with van der Waals surface area (Å²) in [5.74, 6) is 0.729. The Bertz CT molecular complexity index is 284. The van der Waals surface area contributed by atoms with Crippen LogP contribution in [0.4, 0.5) is 0 Å². The van der Waals surface area contributed by atoms with Gasteiger partial charge in [-0.1, -0.05) is 19.4 Å². The minimum Gasteiger partial charge on any atom is -0.473 e. The second-order valence-corrected chi connectivity index (χ2v) is 4.47. The van der Waals surface area contributed by atoms with Crippen molar-refractivity contribution in [2.45, 2.75) is 46.1 Å². The minimum absolute atomic E-state index is 0.0424. The van der Waals surface area contributed by atoms with E-state index in [4.69, 9.17) is 9.84 Å². The molecule has 3 nitrogen and oxygen atoms in total. The van der Waals surface area contributed by atoms with E-state index in [1.54, 1.807) is 0 Å². The molecule has 15 heavy (non-hydrogen) atoms. The molecule has 1 aliphatic rings. The Morgan fingerprint density at radius 1 is 1.40 bits per heavy atom. The number of rotatable bonds is 4. The maximum absolute atomic E-state index is 9.12. The molecule has 0 radical (unpaired) electrons. The summed E-state index contributed by atoms with van der Waals surface area (Å²) in [5, 5.41) is 9.12. The number of aliphatic hydroxyl groups is 1. The molecule has 0 aromatic carbocycles. The van der Waals surface area contributed by atoms with Gasteiger partial charge in [0.15, 0.2) is 0 Å². The molecule has 0 aromatic heterocycles. The summed E-state index contributed by atoms with van der Waals surface area (Å²) >= 11 is 0. The molecular weight excluding hydrogens is 190 g/mol. The monoisotopic (exact) mass is 211 g/mol. The average molecular weight is 211 g/mol. The summed E-state index contributed by atoms with van der Waals surface area (Å²) in [6.45, 7) is 8.82. The first kappa shape index (κ1) is 12.2. The SMILES string of the molecule is CCC(CC)=C1COC1=NC(C)(C)CO. The van der Waals surface area contributed by atoms with E-state index in [9.17, 15) is 0 Å². The van der Waals surface area contributed by atoms with Crippen molar-refractivity contribution < 1.29 is 9.84 Å². The van der Waals surface area contributed by atoms with Gasteiger partial charge in [-0.2, -0.15) is 0 Å². The van der Waals surface area contributed by atoms with Crippen molar-refractivity contribution in [3.05, 3.63) is 11.1 Å². The molecule has 1 N–H and O–H groups in total. The van der Waals surface area contributed by atoms with Crippen LogP contribution >= 0.6 is 0 Å². The van der Waals surface area contributed by atoms with Crippen LogP contribution in [0.3, 0.4) is 0 Å². The summed E-state index contributed by atoms with van der Waals surface area (Å²) in [6, 6.07) is 0. The highest BCUT2D eigenvalue weighted by molar-refractivity contribution is 5.99. The van der Waals surface area contributed by atoms with Gasteiger partial charge in [0.25, 0.3) is 0 Å². The zero-order chi connectivity index (χ0) is 11.5. The quantitative estimate of drug-likeness (QED) is 0.775. The zero-order valence-electron chi connectivity index (χ0n) is 10.1. The van der Waals surface area contributed by atoms with Crippen molar-refractivity contribution in [2.24, 2.45) is 4.99 Å². The Kier molecular flexibility index (Phi) is 3.91. The second-order valence-electron chi connectivity index (χ2n) is 4.47. The molecule has 1 rings (SSSR count). The van der Waals surface area contributed by atoms with Gasteiger partial charge in [-0.3, -0.25) is 0 Å². The van der Waals surface area contributed by atoms with E-state index in [1.165, 1.54) is 11.1 Å². The molecule has 0 spiro atoms. The predicted molar refractivity (Wildman–Crippen MR) is 62.2 cm³/mol. The topological polar surface area (TPSA) is 41.8 Å². The average Bonchev–Trinajstić information content (AvgIpc) is 2.21. The number of allylic oxidation sites excluding steroid dienone is 1. The minimum atomic E-state index is -0.437. The molecule has 0 aromatic rings. The molecular formula is C12H21NO2. The lowest BCUT2D eigenvalue weighted by Crippen LogP contribution is -2.33. The third-order valence-electron chi connectivity index (χ3n) is 2.68. The highest BCUT2D eigenvalue weighted by Crippen LogP contribution is 2.24. The molecule has 3 heteroatoms. The van der Waals surface area contributed by atoms with Crippen molar-refractivity contribution in [1.82, 2.24) is 0 Å². The van der Waals surface area contributed by atoms with Crippen molar-refractivity contribution in [2.75, 3.05) is 13.2 Å². The van der Waals surface area contributed by atoms with E-state index in [2.05, 4.69) is 18.8 Å². The second kappa shape index (κ2) is 4.79. The summed E-state index contributed by atoms with van der Waals surface area (Å²) in [5.41, 5.74) is 2.21. The molecule has 0 bridgehead atoms. The molecule has 0 amide bonds. The molecule has 0 atom stereocenters. The van der Waals surface area contributed by atoms with Crippen molar-refractivity contribution in [3.8, 4) is 0 Å². The lowest BCUT2D eigenvalue weighted by Gasteiger charge is -2.28. The van der Waals surface area contributed by atoms with E-state index >= 15 is 0 Å². The smallest absolute Gasteiger partial charge is 0.216 e. The van der Waals surface area contributed by atoms with E-state index < -0.39 is 5.54 Å². The Hall–Kier alpha value is -0.830. The number of ether oxygens (including phenoxy) is 1. The van der Waals surface area contributed by atoms with E-state index in [0.29, 0.717) is 6.61 Å². The molecule has 0 aliphatic carbocycles. The summed E-state index contributed by atoms with van der Waals surface area (Å²) in [7, 11) is 0. The van der Waals surface area contributed by atoms with Crippen molar-refractivity contribution in [1.29, 1.82) is 0 Å². The fourth-order valence-corrected chi connectivity index (χ4v) is 1.55. The molecule has 1 heterocycles. The maximum atomic E-state index is 9.12. The summed E-state index contributed by atoms with van der Waals surface area (Å²) in [6.07, 6.45) is 2.10. The van der Waals surface area contributed by atoms with Gasteiger partial charge in [0, 0.05) is 0 Å². The van der Waals surface area contributed by atoms with Crippen LogP contribution in [0.2, 0.25) is 0 Å². The largest absolute Gasteiger partial charge is 0.473 e. The van der Waals surface area contributed by atoms with Crippen LogP contribution in [-0.4, -0.2) is 29.8 Å². The first-order valence-electron chi connectivity index (χ1n) is 5.58. The molecule has 0 saturated carbocycles. The number of hydrogen-bond acceptors (Lipinski definition) is 3. The Labute approximate surface area is 91.9 Å². The maximum Gasteiger partial charge on any atom is 0.216 e. The van der Waals surface area contributed by atoms with Crippen molar-refractivity contribution in [3.63, 3.8) is 0 Å². The van der Waals surface area contributed by atoms with Gasteiger partial charge < -0.3 is 9.84 Å². The van der Waals surface area contributed by atoms with Crippen LogP contribution in [0, 0.1) is 0 Å². The van der Waals surface area contributed by atoms with E-state index in [1.807, 2.05) is 13.8 Å². The Morgan fingerprint density at radius 2 is 2.00 bits per heavy atom. The van der Waals surface area contributed by atoms with Crippen molar-refractivity contribution >= 4 is 5.90 Å². The fraction of sp³-hybridized carbons (Fsp3) is 0.750. The predicted octanol–water partition coefficient (Wildman–Crippen LogP) is 2.30. The lowest BCUT2D eigenvalue weighted by molar-refractivity contribution is 0.212. The van der Waals surface area contributed by atoms with Crippen LogP contribution in [0.25, 0.3) is 0 Å². The van der Waals surface area contributed by atoms with Gasteiger partial charge >= 0.3 is 0 Å². The Morgan fingerprint density at radius 3 is 2.33 bits per heavy atom.